The van der Waals surface area contributed by atoms with Gasteiger partial charge in [0.05, 0.1) is 23.3 Å². The molecule has 1 amide bonds. The first kappa shape index (κ1) is 24.8. The van der Waals surface area contributed by atoms with Crippen LogP contribution in [0.2, 0.25) is 0 Å². The Balaban J connectivity index is 2.04. The van der Waals surface area contributed by atoms with Crippen molar-refractivity contribution in [1.82, 2.24) is 0 Å². The van der Waals surface area contributed by atoms with Crippen LogP contribution in [0.5, 0.6) is 0 Å². The highest BCUT2D eigenvalue weighted by Gasteiger charge is 2.36. The number of ether oxygens (including phenoxy) is 1. The fourth-order valence-corrected chi connectivity index (χ4v) is 5.47. The Kier molecular flexibility index (Phi) is 8.41. The highest BCUT2D eigenvalue weighted by atomic mass is 32.1. The third kappa shape index (κ3) is 6.36. The minimum Gasteiger partial charge on any atom is -0.462 e. The highest BCUT2D eigenvalue weighted by molar-refractivity contribution is 7.15. The molecule has 0 bridgehead atoms. The highest BCUT2D eigenvalue weighted by Crippen LogP contribution is 2.38. The first-order valence-corrected chi connectivity index (χ1v) is 12.9. The molecule has 1 aromatic rings. The minimum absolute atomic E-state index is 0.00495. The molecule has 176 valence electrons. The molecular weight excluding hydrogens is 422 g/mol. The summed E-state index contributed by atoms with van der Waals surface area (Å²) in [7, 11) is 0. The van der Waals surface area contributed by atoms with Crippen LogP contribution in [0.4, 0.5) is 5.69 Å². The van der Waals surface area contributed by atoms with Gasteiger partial charge < -0.3 is 14.7 Å². The average Bonchev–Trinajstić information content (AvgIpc) is 3.18. The topological polar surface area (TPSA) is 66.8 Å². The van der Waals surface area contributed by atoms with Gasteiger partial charge in [-0.3, -0.25) is 4.79 Å². The standard InChI is InChI=1S/C26H37NO4S/c1-5-31-25(30)23-22(17-21(32-23)15-16-26(2,3)4)27(19-11-13-20(28)14-12-19)24(29)18-9-7-6-8-10-18/h17-20,28H,5-14H2,1-4H3. The van der Waals surface area contributed by atoms with Gasteiger partial charge in [-0.05, 0) is 72.3 Å². The maximum Gasteiger partial charge on any atom is 0.350 e. The molecule has 2 aliphatic carbocycles. The lowest BCUT2D eigenvalue weighted by atomic mass is 9.86. The lowest BCUT2D eigenvalue weighted by molar-refractivity contribution is -0.124. The van der Waals surface area contributed by atoms with Crippen LogP contribution in [-0.2, 0) is 9.53 Å². The van der Waals surface area contributed by atoms with Gasteiger partial charge >= 0.3 is 5.97 Å². The van der Waals surface area contributed by atoms with Gasteiger partial charge in [0.1, 0.15) is 4.88 Å². The smallest absolute Gasteiger partial charge is 0.350 e. The van der Waals surface area contributed by atoms with Crippen LogP contribution >= 0.6 is 11.3 Å². The Labute approximate surface area is 196 Å². The molecule has 2 fully saturated rings. The zero-order valence-corrected chi connectivity index (χ0v) is 20.7. The van der Waals surface area contributed by atoms with Gasteiger partial charge in [0.25, 0.3) is 0 Å². The summed E-state index contributed by atoms with van der Waals surface area (Å²) in [6.45, 7) is 8.22. The third-order valence-electron chi connectivity index (χ3n) is 6.22. The van der Waals surface area contributed by atoms with Gasteiger partial charge in [0.2, 0.25) is 5.91 Å². The van der Waals surface area contributed by atoms with Gasteiger partial charge in [0, 0.05) is 17.4 Å². The van der Waals surface area contributed by atoms with E-state index in [0.717, 1.165) is 43.4 Å². The number of hydrogen-bond donors (Lipinski definition) is 1. The van der Waals surface area contributed by atoms with Crippen molar-refractivity contribution in [3.05, 3.63) is 15.8 Å². The maximum absolute atomic E-state index is 13.8. The molecule has 6 heteroatoms. The van der Waals surface area contributed by atoms with E-state index in [2.05, 4.69) is 11.8 Å². The summed E-state index contributed by atoms with van der Waals surface area (Å²) in [5.41, 5.74) is 0.481. The number of aliphatic hydroxyl groups excluding tert-OH is 1. The van der Waals surface area contributed by atoms with Crippen LogP contribution in [0.15, 0.2) is 6.07 Å². The average molecular weight is 460 g/mol. The van der Waals surface area contributed by atoms with E-state index in [1.54, 1.807) is 6.92 Å². The van der Waals surface area contributed by atoms with Gasteiger partial charge in [-0.15, -0.1) is 11.3 Å². The normalized spacial score (nSPS) is 22.0. The molecule has 5 nitrogen and oxygen atoms in total. The summed E-state index contributed by atoms with van der Waals surface area (Å²) in [6, 6.07) is 1.89. The van der Waals surface area contributed by atoms with Crippen molar-refractivity contribution in [2.24, 2.45) is 11.3 Å². The van der Waals surface area contributed by atoms with E-state index in [4.69, 9.17) is 4.74 Å². The van der Waals surface area contributed by atoms with Gasteiger partial charge in [0.15, 0.2) is 0 Å². The van der Waals surface area contributed by atoms with Crippen molar-refractivity contribution in [3.8, 4) is 11.8 Å². The molecule has 2 aliphatic rings. The molecule has 0 aromatic carbocycles. The van der Waals surface area contributed by atoms with Crippen LogP contribution < -0.4 is 4.90 Å². The zero-order valence-electron chi connectivity index (χ0n) is 19.9. The molecule has 1 aromatic heterocycles. The molecule has 32 heavy (non-hydrogen) atoms. The summed E-state index contributed by atoms with van der Waals surface area (Å²) >= 11 is 1.31. The first-order chi connectivity index (χ1) is 15.2. The van der Waals surface area contributed by atoms with Crippen molar-refractivity contribution in [1.29, 1.82) is 0 Å². The van der Waals surface area contributed by atoms with E-state index < -0.39 is 5.97 Å². The Morgan fingerprint density at radius 3 is 2.38 bits per heavy atom. The Bertz CT molecular complexity index is 859. The number of aliphatic hydroxyl groups is 1. The monoisotopic (exact) mass is 459 g/mol. The quantitative estimate of drug-likeness (QED) is 0.464. The number of rotatable bonds is 5. The summed E-state index contributed by atoms with van der Waals surface area (Å²) in [4.78, 5) is 29.8. The van der Waals surface area contributed by atoms with Gasteiger partial charge in [-0.2, -0.15) is 0 Å². The summed E-state index contributed by atoms with van der Waals surface area (Å²) < 4.78 is 5.35. The SMILES string of the molecule is CCOC(=O)c1sc(C#CC(C)(C)C)cc1N(C(=O)C1CCCCC1)C1CCC(O)CC1. The van der Waals surface area contributed by atoms with E-state index in [-0.39, 0.29) is 36.0 Å². The summed E-state index contributed by atoms with van der Waals surface area (Å²) in [5, 5.41) is 10.0. The summed E-state index contributed by atoms with van der Waals surface area (Å²) in [5.74, 6) is 6.16. The van der Waals surface area contributed by atoms with Gasteiger partial charge in [-0.1, -0.05) is 31.1 Å². The van der Waals surface area contributed by atoms with Crippen LogP contribution in [0.25, 0.3) is 0 Å². The Morgan fingerprint density at radius 1 is 1.12 bits per heavy atom. The van der Waals surface area contributed by atoms with E-state index in [1.807, 2.05) is 31.7 Å². The number of esters is 1. The lowest BCUT2D eigenvalue weighted by Gasteiger charge is -2.38. The predicted molar refractivity (Wildman–Crippen MR) is 129 cm³/mol. The zero-order chi connectivity index (χ0) is 23.3. The van der Waals surface area contributed by atoms with E-state index in [1.165, 1.54) is 17.8 Å². The van der Waals surface area contributed by atoms with E-state index in [9.17, 15) is 14.7 Å². The molecule has 0 saturated heterocycles. The van der Waals surface area contributed by atoms with Crippen molar-refractivity contribution in [2.45, 2.75) is 97.6 Å². The lowest BCUT2D eigenvalue weighted by Crippen LogP contribution is -2.46. The second-order valence-electron chi connectivity index (χ2n) is 10.1. The van der Waals surface area contributed by atoms with Crippen LogP contribution in [0, 0.1) is 23.2 Å². The first-order valence-electron chi connectivity index (χ1n) is 12.0. The second-order valence-corrected chi connectivity index (χ2v) is 11.1. The van der Waals surface area contributed by atoms with E-state index in [0.29, 0.717) is 23.4 Å². The summed E-state index contributed by atoms with van der Waals surface area (Å²) in [6.07, 6.45) is 7.65. The van der Waals surface area contributed by atoms with Crippen LogP contribution in [0.3, 0.4) is 0 Å². The van der Waals surface area contributed by atoms with Crippen LogP contribution in [0.1, 0.15) is 100 Å². The predicted octanol–water partition coefficient (Wildman–Crippen LogP) is 5.54. The number of carbonyl (C=O) groups excluding carboxylic acids is 2. The number of anilines is 1. The Morgan fingerprint density at radius 2 is 1.78 bits per heavy atom. The van der Waals surface area contributed by atoms with Crippen molar-refractivity contribution >= 4 is 28.9 Å². The molecule has 1 heterocycles. The van der Waals surface area contributed by atoms with E-state index >= 15 is 0 Å². The Hall–Kier alpha value is -1.84. The molecule has 1 N–H and O–H groups in total. The number of carbonyl (C=O) groups is 2. The van der Waals surface area contributed by atoms with Crippen molar-refractivity contribution < 1.29 is 19.4 Å². The molecule has 0 spiro atoms. The molecule has 3 rings (SSSR count). The van der Waals surface area contributed by atoms with Crippen molar-refractivity contribution in [3.63, 3.8) is 0 Å². The molecule has 0 unspecified atom stereocenters. The minimum atomic E-state index is -0.395. The second kappa shape index (κ2) is 10.9. The largest absolute Gasteiger partial charge is 0.462 e. The number of hydrogen-bond acceptors (Lipinski definition) is 5. The van der Waals surface area contributed by atoms with Gasteiger partial charge in [-0.25, -0.2) is 4.79 Å². The molecule has 0 aliphatic heterocycles. The molecule has 0 atom stereocenters. The third-order valence-corrected chi connectivity index (χ3v) is 7.24. The fraction of sp³-hybridized carbons (Fsp3) is 0.692. The van der Waals surface area contributed by atoms with Crippen LogP contribution in [-0.4, -0.2) is 35.7 Å². The molecule has 0 radical (unpaired) electrons. The number of thiophene rings is 1. The number of nitrogens with zero attached hydrogens (tertiary/aromatic N) is 1. The molecule has 2 saturated carbocycles. The van der Waals surface area contributed by atoms with Crippen molar-refractivity contribution in [2.75, 3.05) is 11.5 Å². The fourth-order valence-electron chi connectivity index (χ4n) is 4.57. The molecular formula is C26H37NO4S. The maximum atomic E-state index is 13.8. The number of amides is 1.